The van der Waals surface area contributed by atoms with Crippen LogP contribution in [0, 0.1) is 19.3 Å². The van der Waals surface area contributed by atoms with Gasteiger partial charge >= 0.3 is 0 Å². The number of nitrogens with two attached hydrogens (primary N) is 1. The minimum atomic E-state index is 0.0441. The number of rotatable bonds is 6. The Labute approximate surface area is 133 Å². The van der Waals surface area contributed by atoms with Gasteiger partial charge < -0.3 is 11.1 Å². The molecular formula is C17H30N4O. The molecule has 2 rings (SSSR count). The standard InChI is InChI=1S/C17H30N4O/c1-13-15(14(2)21(3)20-13)7-10-19-16(22)11-17(12-18)8-5-4-6-9-17/h4-12,18H2,1-3H3,(H,19,22). The monoisotopic (exact) mass is 306 g/mol. The summed E-state index contributed by atoms with van der Waals surface area (Å²) in [5.41, 5.74) is 9.48. The summed E-state index contributed by atoms with van der Waals surface area (Å²) in [5.74, 6) is 0.145. The SMILES string of the molecule is Cc1nn(C)c(C)c1CCNC(=O)CC1(CN)CCCCC1. The topological polar surface area (TPSA) is 72.9 Å². The Kier molecular flexibility index (Phi) is 5.62. The highest BCUT2D eigenvalue weighted by atomic mass is 16.1. The maximum Gasteiger partial charge on any atom is 0.220 e. The summed E-state index contributed by atoms with van der Waals surface area (Å²) >= 11 is 0. The van der Waals surface area contributed by atoms with Gasteiger partial charge in [0.2, 0.25) is 5.91 Å². The number of nitrogens with zero attached hydrogens (tertiary/aromatic N) is 2. The minimum Gasteiger partial charge on any atom is -0.356 e. The maximum atomic E-state index is 12.3. The first-order valence-electron chi connectivity index (χ1n) is 8.43. The van der Waals surface area contributed by atoms with Crippen LogP contribution in [-0.2, 0) is 18.3 Å². The molecule has 1 aliphatic rings. The summed E-state index contributed by atoms with van der Waals surface area (Å²) in [6.07, 6.45) is 7.30. The second-order valence-electron chi connectivity index (χ2n) is 6.81. The van der Waals surface area contributed by atoms with Crippen molar-refractivity contribution in [1.82, 2.24) is 15.1 Å². The first-order valence-corrected chi connectivity index (χ1v) is 8.43. The van der Waals surface area contributed by atoms with Crippen molar-refractivity contribution in [1.29, 1.82) is 0 Å². The summed E-state index contributed by atoms with van der Waals surface area (Å²) in [5, 5.41) is 7.48. The molecule has 1 heterocycles. The Bertz CT molecular complexity index is 515. The van der Waals surface area contributed by atoms with Gasteiger partial charge in [0.25, 0.3) is 0 Å². The van der Waals surface area contributed by atoms with Crippen molar-refractivity contribution in [2.24, 2.45) is 18.2 Å². The van der Waals surface area contributed by atoms with E-state index in [1.807, 2.05) is 18.7 Å². The Morgan fingerprint density at radius 2 is 2.00 bits per heavy atom. The summed E-state index contributed by atoms with van der Waals surface area (Å²) in [7, 11) is 1.96. The van der Waals surface area contributed by atoms with Crippen LogP contribution in [-0.4, -0.2) is 28.8 Å². The van der Waals surface area contributed by atoms with Crippen molar-refractivity contribution in [3.63, 3.8) is 0 Å². The lowest BCUT2D eigenvalue weighted by Gasteiger charge is -2.35. The molecule has 1 saturated carbocycles. The second-order valence-corrected chi connectivity index (χ2v) is 6.81. The lowest BCUT2D eigenvalue weighted by Crippen LogP contribution is -2.39. The van der Waals surface area contributed by atoms with Crippen molar-refractivity contribution in [2.75, 3.05) is 13.1 Å². The number of aryl methyl sites for hydroxylation is 2. The quantitative estimate of drug-likeness (QED) is 0.844. The highest BCUT2D eigenvalue weighted by Crippen LogP contribution is 2.38. The summed E-state index contributed by atoms with van der Waals surface area (Å²) in [4.78, 5) is 12.3. The first kappa shape index (κ1) is 17.0. The van der Waals surface area contributed by atoms with Gasteiger partial charge in [-0.15, -0.1) is 0 Å². The lowest BCUT2D eigenvalue weighted by atomic mass is 9.71. The van der Waals surface area contributed by atoms with Crippen molar-refractivity contribution in [3.05, 3.63) is 17.0 Å². The molecule has 0 spiro atoms. The zero-order valence-electron chi connectivity index (χ0n) is 14.2. The molecule has 5 heteroatoms. The molecule has 0 aromatic carbocycles. The van der Waals surface area contributed by atoms with Gasteiger partial charge in [0.15, 0.2) is 0 Å². The fourth-order valence-electron chi connectivity index (χ4n) is 3.66. The zero-order chi connectivity index (χ0) is 16.2. The third kappa shape index (κ3) is 3.88. The Morgan fingerprint density at radius 3 is 2.55 bits per heavy atom. The van der Waals surface area contributed by atoms with Crippen LogP contribution in [0.25, 0.3) is 0 Å². The van der Waals surface area contributed by atoms with E-state index < -0.39 is 0 Å². The molecule has 1 fully saturated rings. The lowest BCUT2D eigenvalue weighted by molar-refractivity contribution is -0.123. The molecule has 22 heavy (non-hydrogen) atoms. The molecule has 3 N–H and O–H groups in total. The van der Waals surface area contributed by atoms with E-state index in [4.69, 9.17) is 5.73 Å². The first-order chi connectivity index (χ1) is 10.5. The van der Waals surface area contributed by atoms with Crippen LogP contribution >= 0.6 is 0 Å². The number of nitrogens with one attached hydrogen (secondary N) is 1. The van der Waals surface area contributed by atoms with E-state index in [9.17, 15) is 4.79 Å². The minimum absolute atomic E-state index is 0.0441. The second kappa shape index (κ2) is 7.27. The molecule has 0 saturated heterocycles. The molecule has 1 aliphatic carbocycles. The Balaban J connectivity index is 1.82. The molecule has 0 bridgehead atoms. The molecule has 0 atom stereocenters. The van der Waals surface area contributed by atoms with E-state index in [1.165, 1.54) is 30.5 Å². The van der Waals surface area contributed by atoms with Crippen LogP contribution < -0.4 is 11.1 Å². The van der Waals surface area contributed by atoms with Crippen LogP contribution in [0.15, 0.2) is 0 Å². The van der Waals surface area contributed by atoms with Crippen LogP contribution in [0.4, 0.5) is 0 Å². The van der Waals surface area contributed by atoms with Gasteiger partial charge in [-0.25, -0.2) is 0 Å². The van der Waals surface area contributed by atoms with Gasteiger partial charge in [0.05, 0.1) is 5.69 Å². The highest BCUT2D eigenvalue weighted by Gasteiger charge is 2.32. The smallest absolute Gasteiger partial charge is 0.220 e. The molecule has 1 aromatic heterocycles. The number of carbonyl (C=O) groups excluding carboxylic acids is 1. The normalized spacial score (nSPS) is 17.5. The van der Waals surface area contributed by atoms with Gasteiger partial charge in [-0.2, -0.15) is 5.10 Å². The molecular weight excluding hydrogens is 276 g/mol. The van der Waals surface area contributed by atoms with E-state index in [0.717, 1.165) is 25.0 Å². The fourth-order valence-corrected chi connectivity index (χ4v) is 3.66. The van der Waals surface area contributed by atoms with Gasteiger partial charge in [-0.3, -0.25) is 9.48 Å². The van der Waals surface area contributed by atoms with Crippen LogP contribution in [0.1, 0.15) is 55.5 Å². The number of hydrogen-bond donors (Lipinski definition) is 2. The number of carbonyl (C=O) groups is 1. The van der Waals surface area contributed by atoms with Crippen LogP contribution in [0.2, 0.25) is 0 Å². The predicted octanol–water partition coefficient (Wildman–Crippen LogP) is 1.99. The summed E-state index contributed by atoms with van der Waals surface area (Å²) in [6, 6.07) is 0. The third-order valence-corrected chi connectivity index (χ3v) is 5.24. The molecule has 0 aliphatic heterocycles. The molecule has 0 radical (unpaired) electrons. The van der Waals surface area contributed by atoms with Gasteiger partial charge in [-0.05, 0) is 50.6 Å². The maximum absolute atomic E-state index is 12.3. The van der Waals surface area contributed by atoms with Gasteiger partial charge in [0, 0.05) is 25.7 Å². The molecule has 1 aromatic rings. The van der Waals surface area contributed by atoms with Crippen molar-refractivity contribution >= 4 is 5.91 Å². The number of hydrogen-bond acceptors (Lipinski definition) is 3. The molecule has 0 unspecified atom stereocenters. The van der Waals surface area contributed by atoms with Crippen molar-refractivity contribution in [3.8, 4) is 0 Å². The van der Waals surface area contributed by atoms with Crippen molar-refractivity contribution in [2.45, 2.75) is 58.8 Å². The average molecular weight is 306 g/mol. The van der Waals surface area contributed by atoms with E-state index in [1.54, 1.807) is 0 Å². The van der Waals surface area contributed by atoms with E-state index in [0.29, 0.717) is 19.5 Å². The zero-order valence-corrected chi connectivity index (χ0v) is 14.2. The third-order valence-electron chi connectivity index (χ3n) is 5.24. The fraction of sp³-hybridized carbons (Fsp3) is 0.765. The van der Waals surface area contributed by atoms with E-state index >= 15 is 0 Å². The summed E-state index contributed by atoms with van der Waals surface area (Å²) in [6.45, 7) is 5.40. The predicted molar refractivity (Wildman–Crippen MR) is 88.6 cm³/mol. The summed E-state index contributed by atoms with van der Waals surface area (Å²) < 4.78 is 1.90. The average Bonchev–Trinajstić information content (AvgIpc) is 2.74. The van der Waals surface area contributed by atoms with E-state index in [2.05, 4.69) is 17.3 Å². The van der Waals surface area contributed by atoms with E-state index in [-0.39, 0.29) is 11.3 Å². The molecule has 124 valence electrons. The van der Waals surface area contributed by atoms with Crippen LogP contribution in [0.5, 0.6) is 0 Å². The largest absolute Gasteiger partial charge is 0.356 e. The van der Waals surface area contributed by atoms with Crippen LogP contribution in [0.3, 0.4) is 0 Å². The van der Waals surface area contributed by atoms with Gasteiger partial charge in [0.1, 0.15) is 0 Å². The Hall–Kier alpha value is -1.36. The van der Waals surface area contributed by atoms with Crippen molar-refractivity contribution < 1.29 is 4.79 Å². The highest BCUT2D eigenvalue weighted by molar-refractivity contribution is 5.76. The number of amides is 1. The number of aromatic nitrogens is 2. The Morgan fingerprint density at radius 1 is 1.32 bits per heavy atom. The molecule has 5 nitrogen and oxygen atoms in total. The molecule has 1 amide bonds. The van der Waals surface area contributed by atoms with Gasteiger partial charge in [-0.1, -0.05) is 19.3 Å².